The van der Waals surface area contributed by atoms with Crippen molar-refractivity contribution in [3.05, 3.63) is 51.0 Å². The van der Waals surface area contributed by atoms with Crippen LogP contribution in [0.1, 0.15) is 33.1 Å². The van der Waals surface area contributed by atoms with Crippen molar-refractivity contribution in [1.29, 1.82) is 0 Å². The molecule has 1 aromatic carbocycles. The lowest BCUT2D eigenvalue weighted by atomic mass is 9.91. The number of aromatic nitrogens is 1. The van der Waals surface area contributed by atoms with Crippen LogP contribution in [0, 0.1) is 12.8 Å². The monoisotopic (exact) mass is 301 g/mol. The summed E-state index contributed by atoms with van der Waals surface area (Å²) in [6.07, 6.45) is 4.14. The third-order valence-corrected chi connectivity index (χ3v) is 5.26. The van der Waals surface area contributed by atoms with Gasteiger partial charge in [-0.3, -0.25) is 4.79 Å². The third-order valence-electron chi connectivity index (χ3n) is 4.08. The second-order valence-electron chi connectivity index (χ2n) is 5.74. The van der Waals surface area contributed by atoms with E-state index in [0.717, 1.165) is 36.4 Å². The number of carboxylic acid groups (broad SMARTS) is 1. The molecule has 0 aliphatic heterocycles. The van der Waals surface area contributed by atoms with Crippen molar-refractivity contribution in [2.24, 2.45) is 5.92 Å². The Labute approximate surface area is 128 Å². The molecule has 1 aromatic heterocycles. The molecule has 1 atom stereocenters. The number of hydrogen-bond acceptors (Lipinski definition) is 3. The van der Waals surface area contributed by atoms with Crippen LogP contribution in [0.15, 0.2) is 24.3 Å². The lowest BCUT2D eigenvalue weighted by Gasteiger charge is -2.16. The van der Waals surface area contributed by atoms with Crippen LogP contribution in [0.5, 0.6) is 0 Å². The van der Waals surface area contributed by atoms with Crippen molar-refractivity contribution in [3.8, 4) is 0 Å². The summed E-state index contributed by atoms with van der Waals surface area (Å²) < 4.78 is 0. The molecule has 1 aliphatic carbocycles. The zero-order valence-corrected chi connectivity index (χ0v) is 12.9. The number of hydrogen-bond donors (Lipinski definition) is 1. The van der Waals surface area contributed by atoms with Gasteiger partial charge in [0.2, 0.25) is 0 Å². The Balaban J connectivity index is 1.65. The van der Waals surface area contributed by atoms with E-state index in [1.165, 1.54) is 16.0 Å². The van der Waals surface area contributed by atoms with Gasteiger partial charge in [0.05, 0.1) is 16.6 Å². The Morgan fingerprint density at radius 3 is 2.81 bits per heavy atom. The molecule has 0 fully saturated rings. The maximum absolute atomic E-state index is 11.1. The number of aryl methyl sites for hydroxylation is 4. The topological polar surface area (TPSA) is 50.2 Å². The molecule has 0 saturated heterocycles. The summed E-state index contributed by atoms with van der Waals surface area (Å²) in [5.41, 5.74) is 3.75. The minimum atomic E-state index is -0.671. The number of rotatable bonds is 4. The smallest absolute Gasteiger partial charge is 0.306 e. The van der Waals surface area contributed by atoms with E-state index in [9.17, 15) is 4.79 Å². The highest BCUT2D eigenvalue weighted by Gasteiger charge is 2.26. The summed E-state index contributed by atoms with van der Waals surface area (Å²) >= 11 is 1.70. The predicted molar refractivity (Wildman–Crippen MR) is 83.9 cm³/mol. The molecule has 1 heterocycles. The number of aliphatic carboxylic acids is 1. The normalized spacial score (nSPS) is 17.5. The molecule has 21 heavy (non-hydrogen) atoms. The van der Waals surface area contributed by atoms with E-state index in [2.05, 4.69) is 31.2 Å². The van der Waals surface area contributed by atoms with Crippen LogP contribution in [0.25, 0.3) is 0 Å². The van der Waals surface area contributed by atoms with E-state index in [4.69, 9.17) is 10.1 Å². The zero-order chi connectivity index (χ0) is 14.8. The first kappa shape index (κ1) is 14.3. The lowest BCUT2D eigenvalue weighted by molar-refractivity contribution is -0.142. The first-order valence-corrected chi connectivity index (χ1v) is 8.19. The van der Waals surface area contributed by atoms with Gasteiger partial charge >= 0.3 is 5.97 Å². The average Bonchev–Trinajstić information content (AvgIpc) is 2.88. The van der Waals surface area contributed by atoms with Crippen molar-refractivity contribution < 1.29 is 9.90 Å². The summed E-state index contributed by atoms with van der Waals surface area (Å²) in [7, 11) is 0. The van der Waals surface area contributed by atoms with Crippen LogP contribution in [0.2, 0.25) is 0 Å². The highest BCUT2D eigenvalue weighted by molar-refractivity contribution is 7.11. The molecule has 2 aromatic rings. The van der Waals surface area contributed by atoms with Crippen LogP contribution in [0.3, 0.4) is 0 Å². The summed E-state index contributed by atoms with van der Waals surface area (Å²) in [6.45, 7) is 2.09. The molecule has 110 valence electrons. The molecule has 0 spiro atoms. The number of nitrogens with zero attached hydrogens (tertiary/aromatic N) is 1. The zero-order valence-electron chi connectivity index (χ0n) is 12.1. The second-order valence-corrected chi connectivity index (χ2v) is 6.91. The molecule has 3 nitrogen and oxygen atoms in total. The maximum Gasteiger partial charge on any atom is 0.306 e. The molecular formula is C17H19NO2S. The second kappa shape index (κ2) is 5.98. The van der Waals surface area contributed by atoms with Crippen LogP contribution in [0.4, 0.5) is 0 Å². The van der Waals surface area contributed by atoms with Crippen LogP contribution >= 0.6 is 11.3 Å². The number of fused-ring (bicyclic) bond motifs is 1. The average molecular weight is 301 g/mol. The molecule has 4 heteroatoms. The Kier molecular flexibility index (Phi) is 4.06. The molecular weight excluding hydrogens is 282 g/mol. The van der Waals surface area contributed by atoms with Crippen molar-refractivity contribution in [1.82, 2.24) is 4.98 Å². The fraction of sp³-hybridized carbons (Fsp3) is 0.412. The Hall–Kier alpha value is -1.68. The van der Waals surface area contributed by atoms with Gasteiger partial charge in [0, 0.05) is 11.3 Å². The number of carbonyl (C=O) groups is 1. The minimum Gasteiger partial charge on any atom is -0.481 e. The summed E-state index contributed by atoms with van der Waals surface area (Å²) in [5, 5.41) is 10.3. The third kappa shape index (κ3) is 3.32. The Morgan fingerprint density at radius 2 is 2.10 bits per heavy atom. The van der Waals surface area contributed by atoms with Gasteiger partial charge < -0.3 is 5.11 Å². The van der Waals surface area contributed by atoms with Crippen LogP contribution in [-0.4, -0.2) is 16.1 Å². The molecule has 0 radical (unpaired) electrons. The Morgan fingerprint density at radius 1 is 1.33 bits per heavy atom. The van der Waals surface area contributed by atoms with Gasteiger partial charge in [-0.1, -0.05) is 29.8 Å². The van der Waals surface area contributed by atoms with Crippen LogP contribution in [-0.2, 0) is 30.5 Å². The van der Waals surface area contributed by atoms with E-state index in [-0.39, 0.29) is 5.92 Å². The van der Waals surface area contributed by atoms with Crippen molar-refractivity contribution >= 4 is 17.3 Å². The standard InChI is InChI=1S/C17H19NO2S/c1-11-2-4-12(5-3-11)6-9-16-18-14-8-7-13(17(19)20)10-15(14)21-16/h2-5,13H,6-10H2,1H3,(H,19,20). The maximum atomic E-state index is 11.1. The van der Waals surface area contributed by atoms with Gasteiger partial charge in [-0.2, -0.15) is 0 Å². The van der Waals surface area contributed by atoms with Gasteiger partial charge in [-0.15, -0.1) is 11.3 Å². The number of benzene rings is 1. The molecule has 1 unspecified atom stereocenters. The van der Waals surface area contributed by atoms with Crippen molar-refractivity contribution in [2.75, 3.05) is 0 Å². The fourth-order valence-electron chi connectivity index (χ4n) is 2.75. The van der Waals surface area contributed by atoms with E-state index < -0.39 is 5.97 Å². The molecule has 0 saturated carbocycles. The molecule has 0 amide bonds. The highest BCUT2D eigenvalue weighted by Crippen LogP contribution is 2.30. The first-order chi connectivity index (χ1) is 10.1. The lowest BCUT2D eigenvalue weighted by Crippen LogP contribution is -2.21. The molecule has 3 rings (SSSR count). The van der Waals surface area contributed by atoms with Gasteiger partial charge in [0.1, 0.15) is 0 Å². The number of thiazole rings is 1. The van der Waals surface area contributed by atoms with E-state index >= 15 is 0 Å². The van der Waals surface area contributed by atoms with Gasteiger partial charge in [0.15, 0.2) is 0 Å². The largest absolute Gasteiger partial charge is 0.481 e. The molecule has 1 N–H and O–H groups in total. The summed E-state index contributed by atoms with van der Waals surface area (Å²) in [5.74, 6) is -0.891. The van der Waals surface area contributed by atoms with E-state index in [0.29, 0.717) is 6.42 Å². The highest BCUT2D eigenvalue weighted by atomic mass is 32.1. The predicted octanol–water partition coefficient (Wildman–Crippen LogP) is 3.43. The fourth-order valence-corrected chi connectivity index (χ4v) is 3.95. The molecule has 0 bridgehead atoms. The van der Waals surface area contributed by atoms with Gasteiger partial charge in [-0.25, -0.2) is 4.98 Å². The summed E-state index contributed by atoms with van der Waals surface area (Å²) in [4.78, 5) is 17.0. The van der Waals surface area contributed by atoms with Crippen molar-refractivity contribution in [3.63, 3.8) is 0 Å². The quantitative estimate of drug-likeness (QED) is 0.941. The van der Waals surface area contributed by atoms with Gasteiger partial charge in [-0.05, 0) is 38.2 Å². The SMILES string of the molecule is Cc1ccc(CCc2nc3c(s2)CC(C(=O)O)CC3)cc1. The first-order valence-electron chi connectivity index (χ1n) is 7.37. The van der Waals surface area contributed by atoms with Gasteiger partial charge in [0.25, 0.3) is 0 Å². The van der Waals surface area contributed by atoms with Crippen LogP contribution < -0.4 is 0 Å². The number of carboxylic acids is 1. The minimum absolute atomic E-state index is 0.220. The van der Waals surface area contributed by atoms with Crippen molar-refractivity contribution in [2.45, 2.75) is 39.0 Å². The Bertz CT molecular complexity index is 645. The molecule has 1 aliphatic rings. The van der Waals surface area contributed by atoms with E-state index in [1.54, 1.807) is 11.3 Å². The van der Waals surface area contributed by atoms with E-state index in [1.807, 2.05) is 0 Å². The summed E-state index contributed by atoms with van der Waals surface area (Å²) in [6, 6.07) is 8.62.